The number of carboxylic acids is 1. The Bertz CT molecular complexity index is 929. The van der Waals surface area contributed by atoms with Gasteiger partial charge in [0.15, 0.2) is 0 Å². The predicted molar refractivity (Wildman–Crippen MR) is 144 cm³/mol. The quantitative estimate of drug-likeness (QED) is 0.325. The number of carbonyl (C=O) groups excluding carboxylic acids is 1. The van der Waals surface area contributed by atoms with Gasteiger partial charge in [-0.05, 0) is 96.7 Å². The average molecular weight is 516 g/mol. The number of nitrogens with one attached hydrogen (secondary N) is 2. The van der Waals surface area contributed by atoms with Crippen molar-refractivity contribution in [1.82, 2.24) is 20.1 Å². The third-order valence-electron chi connectivity index (χ3n) is 8.12. The highest BCUT2D eigenvalue weighted by molar-refractivity contribution is 5.83. The van der Waals surface area contributed by atoms with Gasteiger partial charge in [-0.25, -0.2) is 14.6 Å². The Labute approximate surface area is 221 Å². The van der Waals surface area contributed by atoms with Crippen LogP contribution in [0.2, 0.25) is 0 Å². The number of unbranched alkanes of at least 4 members (excludes halogenated alkanes) is 1. The summed E-state index contributed by atoms with van der Waals surface area (Å²) in [5.74, 6) is 0.0582. The zero-order valence-electron chi connectivity index (χ0n) is 22.8. The molecule has 3 unspecified atom stereocenters. The van der Waals surface area contributed by atoms with Gasteiger partial charge in [0.2, 0.25) is 0 Å². The van der Waals surface area contributed by atoms with E-state index in [2.05, 4.69) is 34.6 Å². The normalized spacial score (nSPS) is 22.5. The van der Waals surface area contributed by atoms with E-state index in [-0.39, 0.29) is 23.7 Å². The third-order valence-corrected chi connectivity index (χ3v) is 8.12. The number of anilines is 1. The van der Waals surface area contributed by atoms with Crippen LogP contribution in [0.5, 0.6) is 0 Å². The number of fused-ring (bicyclic) bond motifs is 1. The molecule has 2 fully saturated rings. The van der Waals surface area contributed by atoms with Gasteiger partial charge in [0.1, 0.15) is 11.9 Å². The topological polar surface area (TPSA) is 107 Å². The molecule has 1 aromatic rings. The molecule has 3 heterocycles. The molecule has 0 spiro atoms. The number of aliphatic carboxylic acids is 1. The molecular weight excluding hydrogens is 470 g/mol. The number of carboxylic acid groups (broad SMARTS) is 1. The molecular formula is C28H45N5O4. The Morgan fingerprint density at radius 1 is 1.24 bits per heavy atom. The standard InChI is InChI=1S/C28H45N5O4/c1-20-19-21(2)33(20)27(36)31-24(26(34)35)11-16-32(17-18-37-28(3)12-13-28)15-5-4-8-23-10-9-22-7-6-14-29-25(22)30-23/h9-10,20-21,24H,4-8,11-19H2,1-3H3,(H,29,30)(H,31,36)(H,34,35). The van der Waals surface area contributed by atoms with Crippen LogP contribution in [0, 0.1) is 0 Å². The van der Waals surface area contributed by atoms with Crippen LogP contribution in [0.3, 0.4) is 0 Å². The Kier molecular flexibility index (Phi) is 9.29. The van der Waals surface area contributed by atoms with Gasteiger partial charge in [-0.15, -0.1) is 0 Å². The number of ether oxygens (including phenoxy) is 1. The molecule has 1 aliphatic carbocycles. The number of aryl methyl sites for hydroxylation is 2. The van der Waals surface area contributed by atoms with Crippen LogP contribution < -0.4 is 10.6 Å². The van der Waals surface area contributed by atoms with Crippen LogP contribution in [0.4, 0.5) is 10.6 Å². The second-order valence-electron chi connectivity index (χ2n) is 11.4. The lowest BCUT2D eigenvalue weighted by atomic mass is 9.96. The van der Waals surface area contributed by atoms with Crippen molar-refractivity contribution in [3.63, 3.8) is 0 Å². The summed E-state index contributed by atoms with van der Waals surface area (Å²) in [5.41, 5.74) is 2.46. The Morgan fingerprint density at radius 2 is 2.03 bits per heavy atom. The lowest BCUT2D eigenvalue weighted by molar-refractivity contribution is -0.139. The van der Waals surface area contributed by atoms with Gasteiger partial charge in [-0.1, -0.05) is 6.07 Å². The van der Waals surface area contributed by atoms with Gasteiger partial charge in [-0.2, -0.15) is 0 Å². The maximum atomic E-state index is 12.6. The Balaban J connectivity index is 1.25. The van der Waals surface area contributed by atoms with Crippen LogP contribution in [-0.2, 0) is 22.4 Å². The molecule has 1 aromatic heterocycles. The molecule has 1 saturated heterocycles. The van der Waals surface area contributed by atoms with E-state index >= 15 is 0 Å². The lowest BCUT2D eigenvalue weighted by Gasteiger charge is -2.45. The van der Waals surface area contributed by atoms with Crippen molar-refractivity contribution >= 4 is 17.8 Å². The van der Waals surface area contributed by atoms with Crippen molar-refractivity contribution < 1.29 is 19.4 Å². The van der Waals surface area contributed by atoms with E-state index in [1.807, 2.05) is 13.8 Å². The number of pyridine rings is 1. The average Bonchev–Trinajstić information content (AvgIpc) is 3.60. The van der Waals surface area contributed by atoms with E-state index in [4.69, 9.17) is 9.72 Å². The van der Waals surface area contributed by atoms with Gasteiger partial charge in [0, 0.05) is 37.4 Å². The summed E-state index contributed by atoms with van der Waals surface area (Å²) in [6, 6.07) is 3.48. The number of rotatable bonds is 14. The highest BCUT2D eigenvalue weighted by atomic mass is 16.5. The number of hydrogen-bond donors (Lipinski definition) is 3. The van der Waals surface area contributed by atoms with Crippen LogP contribution >= 0.6 is 0 Å². The van der Waals surface area contributed by atoms with Gasteiger partial charge >= 0.3 is 12.0 Å². The van der Waals surface area contributed by atoms with Crippen molar-refractivity contribution in [2.45, 2.75) is 102 Å². The smallest absolute Gasteiger partial charge is 0.326 e. The van der Waals surface area contributed by atoms with Gasteiger partial charge in [0.25, 0.3) is 0 Å². The molecule has 1 saturated carbocycles. The minimum atomic E-state index is -0.983. The maximum absolute atomic E-state index is 12.6. The summed E-state index contributed by atoms with van der Waals surface area (Å²) in [6.07, 6.45) is 8.74. The molecule has 4 rings (SSSR count). The number of hydrogen-bond acceptors (Lipinski definition) is 6. The molecule has 0 bridgehead atoms. The number of aromatic nitrogens is 1. The first-order valence-electron chi connectivity index (χ1n) is 14.1. The highest BCUT2D eigenvalue weighted by Gasteiger charge is 2.39. The van der Waals surface area contributed by atoms with E-state index in [9.17, 15) is 14.7 Å². The molecule has 2 aliphatic heterocycles. The summed E-state index contributed by atoms with van der Waals surface area (Å²) < 4.78 is 6.04. The SMILES string of the molecule is CC1CC(C)N1C(=O)NC(CCN(CCCCc1ccc2c(n1)NCCC2)CCOC1(C)CC1)C(=O)O. The fourth-order valence-corrected chi connectivity index (χ4v) is 5.44. The molecule has 3 aliphatic rings. The molecule has 3 N–H and O–H groups in total. The summed E-state index contributed by atoms with van der Waals surface area (Å²) in [7, 11) is 0. The van der Waals surface area contributed by atoms with E-state index in [0.717, 1.165) is 82.5 Å². The number of nitrogens with zero attached hydrogens (tertiary/aromatic N) is 3. The summed E-state index contributed by atoms with van der Waals surface area (Å²) in [4.78, 5) is 33.4. The number of amides is 2. The summed E-state index contributed by atoms with van der Waals surface area (Å²) in [6.45, 7) is 9.99. The molecule has 37 heavy (non-hydrogen) atoms. The van der Waals surface area contributed by atoms with Crippen LogP contribution in [0.15, 0.2) is 12.1 Å². The van der Waals surface area contributed by atoms with Gasteiger partial charge < -0.3 is 30.3 Å². The van der Waals surface area contributed by atoms with E-state index in [0.29, 0.717) is 19.6 Å². The largest absolute Gasteiger partial charge is 0.480 e. The Morgan fingerprint density at radius 3 is 2.73 bits per heavy atom. The lowest BCUT2D eigenvalue weighted by Crippen LogP contribution is -2.61. The van der Waals surface area contributed by atoms with E-state index < -0.39 is 12.0 Å². The van der Waals surface area contributed by atoms with Crippen LogP contribution in [0.25, 0.3) is 0 Å². The molecule has 2 amide bonds. The highest BCUT2D eigenvalue weighted by Crippen LogP contribution is 2.38. The monoisotopic (exact) mass is 515 g/mol. The minimum Gasteiger partial charge on any atom is -0.480 e. The molecule has 206 valence electrons. The molecule has 0 radical (unpaired) electrons. The zero-order chi connectivity index (χ0) is 26.4. The second-order valence-corrected chi connectivity index (χ2v) is 11.4. The van der Waals surface area contributed by atoms with Crippen LogP contribution in [-0.4, -0.2) is 88.4 Å². The zero-order valence-corrected chi connectivity index (χ0v) is 22.8. The van der Waals surface area contributed by atoms with Crippen molar-refractivity contribution in [2.24, 2.45) is 0 Å². The number of urea groups is 1. The first kappa shape index (κ1) is 27.6. The second kappa shape index (κ2) is 12.4. The van der Waals surface area contributed by atoms with E-state index in [1.54, 1.807) is 4.90 Å². The van der Waals surface area contributed by atoms with Crippen molar-refractivity contribution in [3.05, 3.63) is 23.4 Å². The maximum Gasteiger partial charge on any atom is 0.326 e. The predicted octanol–water partition coefficient (Wildman–Crippen LogP) is 3.67. The fourth-order valence-electron chi connectivity index (χ4n) is 5.44. The molecule has 3 atom stereocenters. The minimum absolute atomic E-state index is 0.0278. The fraction of sp³-hybridized carbons (Fsp3) is 0.750. The number of carbonyl (C=O) groups is 2. The number of likely N-dealkylation sites (tertiary alicyclic amines) is 1. The van der Waals surface area contributed by atoms with E-state index in [1.165, 1.54) is 5.56 Å². The first-order chi connectivity index (χ1) is 17.7. The first-order valence-corrected chi connectivity index (χ1v) is 14.1. The van der Waals surface area contributed by atoms with Crippen LogP contribution in [0.1, 0.15) is 77.0 Å². The van der Waals surface area contributed by atoms with Gasteiger partial charge in [-0.3, -0.25) is 0 Å². The summed E-state index contributed by atoms with van der Waals surface area (Å²) >= 11 is 0. The molecule has 0 aromatic carbocycles. The van der Waals surface area contributed by atoms with Gasteiger partial charge in [0.05, 0.1) is 12.2 Å². The van der Waals surface area contributed by atoms with Crippen molar-refractivity contribution in [2.75, 3.05) is 38.1 Å². The Hall–Kier alpha value is -2.39. The molecule has 9 nitrogen and oxygen atoms in total. The van der Waals surface area contributed by atoms with Crippen molar-refractivity contribution in [3.8, 4) is 0 Å². The third kappa shape index (κ3) is 7.80. The van der Waals surface area contributed by atoms with Crippen molar-refractivity contribution in [1.29, 1.82) is 0 Å². The molecule has 9 heteroatoms. The summed E-state index contributed by atoms with van der Waals surface area (Å²) in [5, 5.41) is 15.9.